The average molecular weight is 150 g/mol. The highest BCUT2D eigenvalue weighted by Gasteiger charge is 2.18. The van der Waals surface area contributed by atoms with Gasteiger partial charge in [-0.15, -0.1) is 0 Å². The molecule has 0 fully saturated rings. The lowest BCUT2D eigenvalue weighted by Crippen LogP contribution is -2.13. The van der Waals surface area contributed by atoms with E-state index in [1.54, 1.807) is 6.08 Å². The largest absolute Gasteiger partial charge is 0.295 e. The van der Waals surface area contributed by atoms with Gasteiger partial charge < -0.3 is 0 Å². The Labute approximate surface area is 67.8 Å². The zero-order chi connectivity index (χ0) is 8.43. The van der Waals surface area contributed by atoms with Crippen LogP contribution in [0, 0.1) is 5.92 Å². The minimum atomic E-state index is 0.252. The summed E-state index contributed by atoms with van der Waals surface area (Å²) in [6, 6.07) is 0. The average Bonchev–Trinajstić information content (AvgIpc) is 1.85. The molecule has 0 bridgehead atoms. The number of carbonyl (C=O) groups is 1. The summed E-state index contributed by atoms with van der Waals surface area (Å²) in [6.45, 7) is 7.87. The number of hydrogen-bond donors (Lipinski definition) is 0. The Morgan fingerprint density at radius 2 is 2.27 bits per heavy atom. The van der Waals surface area contributed by atoms with E-state index in [-0.39, 0.29) is 5.78 Å². The quantitative estimate of drug-likeness (QED) is 0.525. The number of allylic oxidation sites excluding steroid dienone is 3. The van der Waals surface area contributed by atoms with Crippen LogP contribution in [0.15, 0.2) is 23.8 Å². The Morgan fingerprint density at radius 1 is 1.64 bits per heavy atom. The predicted molar refractivity (Wildman–Crippen MR) is 46.3 cm³/mol. The van der Waals surface area contributed by atoms with Crippen LogP contribution in [0.1, 0.15) is 26.7 Å². The molecule has 0 aromatic rings. The standard InChI is InChI=1S/C10H14O/c1-7(2)9-4-8(3)5-10(11)6-9/h5,9H,1,4,6H2,2-3H3. The second-order valence-electron chi connectivity index (χ2n) is 3.41. The van der Waals surface area contributed by atoms with Gasteiger partial charge in [0.05, 0.1) is 0 Å². The second kappa shape index (κ2) is 3.04. The van der Waals surface area contributed by atoms with Crippen molar-refractivity contribution in [2.45, 2.75) is 26.7 Å². The molecule has 0 N–H and O–H groups in total. The fourth-order valence-corrected chi connectivity index (χ4v) is 1.44. The van der Waals surface area contributed by atoms with Crippen LogP contribution in [0.5, 0.6) is 0 Å². The summed E-state index contributed by atoms with van der Waals surface area (Å²) in [4.78, 5) is 11.1. The lowest BCUT2D eigenvalue weighted by molar-refractivity contribution is -0.115. The van der Waals surface area contributed by atoms with E-state index in [9.17, 15) is 4.79 Å². The summed E-state index contributed by atoms with van der Waals surface area (Å²) >= 11 is 0. The molecule has 1 aliphatic rings. The first-order chi connectivity index (χ1) is 5.09. The maximum absolute atomic E-state index is 11.1. The molecule has 1 nitrogen and oxygen atoms in total. The first-order valence-corrected chi connectivity index (χ1v) is 3.95. The zero-order valence-corrected chi connectivity index (χ0v) is 7.18. The highest BCUT2D eigenvalue weighted by atomic mass is 16.1. The van der Waals surface area contributed by atoms with Gasteiger partial charge in [0.25, 0.3) is 0 Å². The Balaban J connectivity index is 2.72. The van der Waals surface area contributed by atoms with Gasteiger partial charge in [-0.2, -0.15) is 0 Å². The van der Waals surface area contributed by atoms with E-state index in [0.717, 1.165) is 12.0 Å². The topological polar surface area (TPSA) is 17.1 Å². The Kier molecular flexibility index (Phi) is 2.28. The lowest BCUT2D eigenvalue weighted by Gasteiger charge is -2.19. The van der Waals surface area contributed by atoms with Gasteiger partial charge in [0.1, 0.15) is 0 Å². The molecule has 0 radical (unpaired) electrons. The maximum atomic E-state index is 11.1. The SMILES string of the molecule is C=C(C)C1CC(=O)C=C(C)C1. The van der Waals surface area contributed by atoms with Crippen LogP contribution in [0.3, 0.4) is 0 Å². The van der Waals surface area contributed by atoms with Crippen molar-refractivity contribution in [1.82, 2.24) is 0 Å². The van der Waals surface area contributed by atoms with Crippen LogP contribution in [-0.2, 0) is 4.79 Å². The van der Waals surface area contributed by atoms with Gasteiger partial charge >= 0.3 is 0 Å². The molecule has 0 spiro atoms. The maximum Gasteiger partial charge on any atom is 0.156 e. The molecule has 60 valence electrons. The van der Waals surface area contributed by atoms with Crippen molar-refractivity contribution in [3.63, 3.8) is 0 Å². The molecule has 0 aliphatic heterocycles. The van der Waals surface area contributed by atoms with E-state index in [4.69, 9.17) is 0 Å². The van der Waals surface area contributed by atoms with Crippen LogP contribution in [0.2, 0.25) is 0 Å². The highest BCUT2D eigenvalue weighted by molar-refractivity contribution is 5.91. The summed E-state index contributed by atoms with van der Waals surface area (Å²) in [5, 5.41) is 0. The van der Waals surface area contributed by atoms with Gasteiger partial charge in [-0.3, -0.25) is 4.79 Å². The Bertz CT molecular complexity index is 223. The molecule has 1 heteroatoms. The van der Waals surface area contributed by atoms with Gasteiger partial charge in [-0.05, 0) is 32.3 Å². The predicted octanol–water partition coefficient (Wildman–Crippen LogP) is 2.49. The molecule has 0 saturated carbocycles. The molecular weight excluding hydrogens is 136 g/mol. The molecule has 0 aromatic carbocycles. The minimum absolute atomic E-state index is 0.252. The number of carbonyl (C=O) groups excluding carboxylic acids is 1. The van der Waals surface area contributed by atoms with Crippen LogP contribution < -0.4 is 0 Å². The van der Waals surface area contributed by atoms with Gasteiger partial charge in [-0.25, -0.2) is 0 Å². The van der Waals surface area contributed by atoms with E-state index in [1.807, 2.05) is 13.8 Å². The van der Waals surface area contributed by atoms with Crippen molar-refractivity contribution in [2.24, 2.45) is 5.92 Å². The number of ketones is 1. The number of rotatable bonds is 1. The monoisotopic (exact) mass is 150 g/mol. The first kappa shape index (κ1) is 8.25. The van der Waals surface area contributed by atoms with Gasteiger partial charge in [-0.1, -0.05) is 17.7 Å². The minimum Gasteiger partial charge on any atom is -0.295 e. The summed E-state index contributed by atoms with van der Waals surface area (Å²) < 4.78 is 0. The van der Waals surface area contributed by atoms with Gasteiger partial charge in [0.2, 0.25) is 0 Å². The van der Waals surface area contributed by atoms with Crippen molar-refractivity contribution in [1.29, 1.82) is 0 Å². The van der Waals surface area contributed by atoms with Crippen molar-refractivity contribution in [2.75, 3.05) is 0 Å². The molecule has 1 atom stereocenters. The van der Waals surface area contributed by atoms with Crippen molar-refractivity contribution >= 4 is 5.78 Å². The molecule has 1 rings (SSSR count). The van der Waals surface area contributed by atoms with Gasteiger partial charge in [0.15, 0.2) is 5.78 Å². The highest BCUT2D eigenvalue weighted by Crippen LogP contribution is 2.26. The third kappa shape index (κ3) is 2.04. The van der Waals surface area contributed by atoms with E-state index in [1.165, 1.54) is 5.57 Å². The lowest BCUT2D eigenvalue weighted by atomic mass is 9.85. The molecule has 0 aromatic heterocycles. The fraction of sp³-hybridized carbons (Fsp3) is 0.500. The van der Waals surface area contributed by atoms with Crippen LogP contribution in [-0.4, -0.2) is 5.78 Å². The molecular formula is C10H14O. The number of hydrogen-bond acceptors (Lipinski definition) is 1. The van der Waals surface area contributed by atoms with Crippen LogP contribution in [0.4, 0.5) is 0 Å². The van der Waals surface area contributed by atoms with E-state index < -0.39 is 0 Å². The van der Waals surface area contributed by atoms with Gasteiger partial charge in [0, 0.05) is 6.42 Å². The Morgan fingerprint density at radius 3 is 2.73 bits per heavy atom. The summed E-state index contributed by atoms with van der Waals surface area (Å²) in [5.74, 6) is 0.647. The van der Waals surface area contributed by atoms with Crippen molar-refractivity contribution in [3.05, 3.63) is 23.8 Å². The molecule has 0 heterocycles. The summed E-state index contributed by atoms with van der Waals surface area (Å²) in [5.41, 5.74) is 2.32. The van der Waals surface area contributed by atoms with E-state index in [0.29, 0.717) is 12.3 Å². The third-order valence-corrected chi connectivity index (χ3v) is 2.12. The molecule has 11 heavy (non-hydrogen) atoms. The van der Waals surface area contributed by atoms with Crippen molar-refractivity contribution < 1.29 is 4.79 Å². The van der Waals surface area contributed by atoms with Crippen molar-refractivity contribution in [3.8, 4) is 0 Å². The second-order valence-corrected chi connectivity index (χ2v) is 3.41. The van der Waals surface area contributed by atoms with E-state index in [2.05, 4.69) is 6.58 Å². The van der Waals surface area contributed by atoms with E-state index >= 15 is 0 Å². The first-order valence-electron chi connectivity index (χ1n) is 3.95. The Hall–Kier alpha value is -0.850. The molecule has 0 saturated heterocycles. The summed E-state index contributed by atoms with van der Waals surface area (Å²) in [6.07, 6.45) is 3.42. The van der Waals surface area contributed by atoms with Crippen LogP contribution >= 0.6 is 0 Å². The molecule has 1 unspecified atom stereocenters. The normalized spacial score (nSPS) is 24.7. The fourth-order valence-electron chi connectivity index (χ4n) is 1.44. The smallest absolute Gasteiger partial charge is 0.156 e. The molecule has 1 aliphatic carbocycles. The van der Waals surface area contributed by atoms with Crippen LogP contribution in [0.25, 0.3) is 0 Å². The molecule has 0 amide bonds. The third-order valence-electron chi connectivity index (χ3n) is 2.12. The summed E-state index contributed by atoms with van der Waals surface area (Å²) in [7, 11) is 0. The zero-order valence-electron chi connectivity index (χ0n) is 7.18.